The predicted molar refractivity (Wildman–Crippen MR) is 63.0 cm³/mol. The van der Waals surface area contributed by atoms with E-state index >= 15 is 0 Å². The maximum Gasteiger partial charge on any atom is 0.0661 e. The number of aliphatic hydroxyl groups excluding tert-OH is 1. The molecule has 82 valence electrons. The number of rotatable bonds is 3. The van der Waals surface area contributed by atoms with E-state index < -0.39 is 0 Å². The van der Waals surface area contributed by atoms with Crippen LogP contribution in [0.1, 0.15) is 32.1 Å². The lowest BCUT2D eigenvalue weighted by molar-refractivity contribution is 0.173. The molecule has 0 atom stereocenters. The third-order valence-electron chi connectivity index (χ3n) is 3.30. The minimum Gasteiger partial charge on any atom is -0.394 e. The molecule has 1 aliphatic rings. The maximum absolute atomic E-state index is 9.54. The van der Waals surface area contributed by atoms with Crippen molar-refractivity contribution in [3.8, 4) is 0 Å². The zero-order valence-electron chi connectivity index (χ0n) is 9.08. The molecule has 0 saturated heterocycles. The molecule has 0 unspecified atom stereocenters. The van der Waals surface area contributed by atoms with E-state index in [9.17, 15) is 5.11 Å². The molecule has 2 nitrogen and oxygen atoms in total. The molecule has 1 saturated carbocycles. The highest BCUT2D eigenvalue weighted by Gasteiger charge is 2.30. The maximum atomic E-state index is 9.54. The molecule has 0 amide bonds. The van der Waals surface area contributed by atoms with Crippen molar-refractivity contribution in [3.05, 3.63) is 30.3 Å². The first-order chi connectivity index (χ1) is 7.35. The number of para-hydroxylation sites is 1. The van der Waals surface area contributed by atoms with Gasteiger partial charge in [-0.2, -0.15) is 0 Å². The zero-order valence-corrected chi connectivity index (χ0v) is 9.08. The molecule has 1 aromatic rings. The van der Waals surface area contributed by atoms with Crippen LogP contribution in [0.3, 0.4) is 0 Å². The van der Waals surface area contributed by atoms with E-state index in [2.05, 4.69) is 17.4 Å². The summed E-state index contributed by atoms with van der Waals surface area (Å²) < 4.78 is 0. The van der Waals surface area contributed by atoms with Crippen LogP contribution in [-0.2, 0) is 0 Å². The topological polar surface area (TPSA) is 32.3 Å². The predicted octanol–water partition coefficient (Wildman–Crippen LogP) is 2.79. The minimum atomic E-state index is -0.0698. The Hall–Kier alpha value is -1.02. The zero-order chi connectivity index (χ0) is 10.6. The van der Waals surface area contributed by atoms with E-state index in [-0.39, 0.29) is 12.1 Å². The molecule has 0 radical (unpaired) electrons. The summed E-state index contributed by atoms with van der Waals surface area (Å²) in [6.45, 7) is 0.238. The first kappa shape index (κ1) is 10.5. The second-order valence-corrected chi connectivity index (χ2v) is 4.49. The van der Waals surface area contributed by atoms with Gasteiger partial charge in [0.1, 0.15) is 0 Å². The number of benzene rings is 1. The standard InChI is InChI=1S/C13H19NO/c15-11-13(9-5-2-6-10-13)14-12-7-3-1-4-8-12/h1,3-4,7-8,14-15H,2,5-6,9-11H2. The SMILES string of the molecule is OCC1(Nc2ccccc2)CCCCC1. The van der Waals surface area contributed by atoms with Crippen LogP contribution in [-0.4, -0.2) is 17.3 Å². The average molecular weight is 205 g/mol. The lowest BCUT2D eigenvalue weighted by Gasteiger charge is -2.37. The summed E-state index contributed by atoms with van der Waals surface area (Å²) in [5.74, 6) is 0. The normalized spacial score (nSPS) is 19.8. The fourth-order valence-corrected chi connectivity index (χ4v) is 2.38. The van der Waals surface area contributed by atoms with E-state index in [4.69, 9.17) is 0 Å². The van der Waals surface area contributed by atoms with Gasteiger partial charge in [0, 0.05) is 5.69 Å². The van der Waals surface area contributed by atoms with Crippen LogP contribution in [0.2, 0.25) is 0 Å². The largest absolute Gasteiger partial charge is 0.394 e. The molecule has 2 heteroatoms. The van der Waals surface area contributed by atoms with Crippen LogP contribution in [0.4, 0.5) is 5.69 Å². The Labute approximate surface area is 91.3 Å². The molecule has 1 fully saturated rings. The highest BCUT2D eigenvalue weighted by molar-refractivity contribution is 5.45. The third-order valence-corrected chi connectivity index (χ3v) is 3.30. The van der Waals surface area contributed by atoms with Gasteiger partial charge in [0.25, 0.3) is 0 Å². The lowest BCUT2D eigenvalue weighted by atomic mass is 9.82. The molecular formula is C13H19NO. The Balaban J connectivity index is 2.07. The first-order valence-corrected chi connectivity index (χ1v) is 5.79. The highest BCUT2D eigenvalue weighted by atomic mass is 16.3. The van der Waals surface area contributed by atoms with E-state index in [0.29, 0.717) is 0 Å². The molecule has 0 bridgehead atoms. The van der Waals surface area contributed by atoms with Gasteiger partial charge in [-0.1, -0.05) is 37.5 Å². The summed E-state index contributed by atoms with van der Waals surface area (Å²) in [6, 6.07) is 10.2. The molecule has 0 heterocycles. The van der Waals surface area contributed by atoms with Gasteiger partial charge in [0.05, 0.1) is 12.1 Å². The smallest absolute Gasteiger partial charge is 0.0661 e. The van der Waals surface area contributed by atoms with E-state index in [1.54, 1.807) is 0 Å². The van der Waals surface area contributed by atoms with E-state index in [1.807, 2.05) is 18.2 Å². The van der Waals surface area contributed by atoms with Gasteiger partial charge in [-0.05, 0) is 25.0 Å². The minimum absolute atomic E-state index is 0.0698. The summed E-state index contributed by atoms with van der Waals surface area (Å²) in [4.78, 5) is 0. The van der Waals surface area contributed by atoms with Gasteiger partial charge in [0.15, 0.2) is 0 Å². The van der Waals surface area contributed by atoms with Crippen molar-refractivity contribution in [2.24, 2.45) is 0 Å². The molecule has 2 rings (SSSR count). The van der Waals surface area contributed by atoms with Crippen LogP contribution in [0.15, 0.2) is 30.3 Å². The monoisotopic (exact) mass is 205 g/mol. The molecule has 0 aromatic heterocycles. The summed E-state index contributed by atoms with van der Waals surface area (Å²) in [5, 5.41) is 13.0. The fraction of sp³-hybridized carbons (Fsp3) is 0.538. The Morgan fingerprint density at radius 1 is 1.07 bits per heavy atom. The Morgan fingerprint density at radius 2 is 1.73 bits per heavy atom. The molecular weight excluding hydrogens is 186 g/mol. The Kier molecular flexibility index (Phi) is 3.27. The highest BCUT2D eigenvalue weighted by Crippen LogP contribution is 2.31. The molecule has 1 aromatic carbocycles. The quantitative estimate of drug-likeness (QED) is 0.795. The van der Waals surface area contributed by atoms with Crippen molar-refractivity contribution < 1.29 is 5.11 Å². The molecule has 15 heavy (non-hydrogen) atoms. The van der Waals surface area contributed by atoms with Crippen LogP contribution in [0.5, 0.6) is 0 Å². The van der Waals surface area contributed by atoms with E-state index in [1.165, 1.54) is 19.3 Å². The summed E-state index contributed by atoms with van der Waals surface area (Å²) in [5.41, 5.74) is 1.05. The number of hydrogen-bond acceptors (Lipinski definition) is 2. The average Bonchev–Trinajstić information content (AvgIpc) is 2.32. The second kappa shape index (κ2) is 4.67. The number of hydrogen-bond donors (Lipinski definition) is 2. The number of nitrogens with one attached hydrogen (secondary N) is 1. The summed E-state index contributed by atoms with van der Waals surface area (Å²) in [7, 11) is 0. The van der Waals surface area contributed by atoms with Gasteiger partial charge < -0.3 is 10.4 Å². The fourth-order valence-electron chi connectivity index (χ4n) is 2.38. The molecule has 2 N–H and O–H groups in total. The first-order valence-electron chi connectivity index (χ1n) is 5.79. The van der Waals surface area contributed by atoms with Crippen molar-refractivity contribution in [2.45, 2.75) is 37.6 Å². The number of aliphatic hydroxyl groups is 1. The second-order valence-electron chi connectivity index (χ2n) is 4.49. The van der Waals surface area contributed by atoms with Gasteiger partial charge in [0.2, 0.25) is 0 Å². The van der Waals surface area contributed by atoms with Crippen molar-refractivity contribution in [3.63, 3.8) is 0 Å². The van der Waals surface area contributed by atoms with Crippen LogP contribution >= 0.6 is 0 Å². The van der Waals surface area contributed by atoms with Gasteiger partial charge >= 0.3 is 0 Å². The van der Waals surface area contributed by atoms with Crippen molar-refractivity contribution in [1.82, 2.24) is 0 Å². The van der Waals surface area contributed by atoms with E-state index in [0.717, 1.165) is 18.5 Å². The lowest BCUT2D eigenvalue weighted by Crippen LogP contribution is -2.43. The molecule has 0 spiro atoms. The Morgan fingerprint density at radius 3 is 2.33 bits per heavy atom. The van der Waals surface area contributed by atoms with Crippen LogP contribution in [0, 0.1) is 0 Å². The number of anilines is 1. The van der Waals surface area contributed by atoms with Crippen LogP contribution < -0.4 is 5.32 Å². The van der Waals surface area contributed by atoms with Crippen LogP contribution in [0.25, 0.3) is 0 Å². The molecule has 1 aliphatic carbocycles. The van der Waals surface area contributed by atoms with Crippen molar-refractivity contribution in [1.29, 1.82) is 0 Å². The van der Waals surface area contributed by atoms with Gasteiger partial charge in [-0.25, -0.2) is 0 Å². The third kappa shape index (κ3) is 2.51. The Bertz CT molecular complexity index is 291. The summed E-state index contributed by atoms with van der Waals surface area (Å²) >= 11 is 0. The summed E-state index contributed by atoms with van der Waals surface area (Å²) in [6.07, 6.45) is 5.91. The van der Waals surface area contributed by atoms with Crippen molar-refractivity contribution in [2.75, 3.05) is 11.9 Å². The van der Waals surface area contributed by atoms with Gasteiger partial charge in [-0.15, -0.1) is 0 Å². The van der Waals surface area contributed by atoms with Crippen molar-refractivity contribution >= 4 is 5.69 Å². The molecule has 0 aliphatic heterocycles. The van der Waals surface area contributed by atoms with Gasteiger partial charge in [-0.3, -0.25) is 0 Å².